The van der Waals surface area contributed by atoms with E-state index in [0.29, 0.717) is 24.3 Å². The average molecular weight is 513 g/mol. The van der Waals surface area contributed by atoms with E-state index >= 15 is 0 Å². The quantitative estimate of drug-likeness (QED) is 0.582. The number of hydrogen-bond donors (Lipinski definition) is 1. The first-order valence-corrected chi connectivity index (χ1v) is 10.7. The minimum absolute atomic E-state index is 0.0265. The molecule has 1 saturated heterocycles. The zero-order valence-electron chi connectivity index (χ0n) is 15.8. The number of ether oxygens (including phenoxy) is 2. The predicted molar refractivity (Wildman–Crippen MR) is 115 cm³/mol. The Hall–Kier alpha value is -1.57. The molecule has 3 rings (SSSR count). The van der Waals surface area contributed by atoms with E-state index in [2.05, 4.69) is 48.9 Å². The molecule has 0 radical (unpaired) electrons. The van der Waals surface area contributed by atoms with Crippen molar-refractivity contribution in [3.63, 3.8) is 0 Å². The summed E-state index contributed by atoms with van der Waals surface area (Å²) in [6.07, 6.45) is 1.29. The van der Waals surface area contributed by atoms with Crippen molar-refractivity contribution in [3.8, 4) is 11.5 Å². The van der Waals surface area contributed by atoms with E-state index in [9.17, 15) is 9.90 Å². The first-order valence-electron chi connectivity index (χ1n) is 9.08. The molecule has 0 amide bonds. The predicted octanol–water partition coefficient (Wildman–Crippen LogP) is 5.11. The van der Waals surface area contributed by atoms with Gasteiger partial charge in [0.25, 0.3) is 0 Å². The highest BCUT2D eigenvalue weighted by molar-refractivity contribution is 9.10. The number of aliphatic carboxylic acids is 1. The van der Waals surface area contributed by atoms with Gasteiger partial charge in [-0.25, -0.2) is 0 Å². The van der Waals surface area contributed by atoms with E-state index in [1.54, 1.807) is 14.2 Å². The Morgan fingerprint density at radius 2 is 1.75 bits per heavy atom. The van der Waals surface area contributed by atoms with Crippen LogP contribution in [0.1, 0.15) is 30.0 Å². The minimum atomic E-state index is -0.703. The Bertz CT molecular complexity index is 850. The largest absolute Gasteiger partial charge is 0.493 e. The van der Waals surface area contributed by atoms with Crippen molar-refractivity contribution in [3.05, 3.63) is 56.5 Å². The molecular weight excluding hydrogens is 490 g/mol. The number of nitrogens with zero attached hydrogens (tertiary/aromatic N) is 1. The van der Waals surface area contributed by atoms with E-state index in [-0.39, 0.29) is 12.0 Å². The van der Waals surface area contributed by atoms with E-state index in [4.69, 9.17) is 9.47 Å². The summed E-state index contributed by atoms with van der Waals surface area (Å²) in [6, 6.07) is 12.1. The Morgan fingerprint density at radius 3 is 2.32 bits per heavy atom. The Kier molecular flexibility index (Phi) is 7.01. The lowest BCUT2D eigenvalue weighted by molar-refractivity contribution is -0.143. The Labute approximate surface area is 181 Å². The van der Waals surface area contributed by atoms with Gasteiger partial charge in [0, 0.05) is 8.95 Å². The fourth-order valence-electron chi connectivity index (χ4n) is 3.75. The number of methoxy groups -OCH3 is 2. The van der Waals surface area contributed by atoms with Crippen molar-refractivity contribution in [1.82, 2.24) is 4.90 Å². The van der Waals surface area contributed by atoms with E-state index < -0.39 is 5.97 Å². The van der Waals surface area contributed by atoms with Crippen molar-refractivity contribution in [2.45, 2.75) is 18.9 Å². The molecule has 1 fully saturated rings. The second kappa shape index (κ2) is 9.29. The summed E-state index contributed by atoms with van der Waals surface area (Å²) < 4.78 is 12.9. The zero-order valence-corrected chi connectivity index (χ0v) is 19.0. The molecule has 1 heterocycles. The Morgan fingerprint density at radius 1 is 1.11 bits per heavy atom. The molecule has 1 N–H and O–H groups in total. The number of piperidine rings is 1. The molecular formula is C21H23Br2NO4. The maximum Gasteiger partial charge on any atom is 0.306 e. The Balaban J connectivity index is 2.04. The van der Waals surface area contributed by atoms with Crippen LogP contribution >= 0.6 is 31.9 Å². The number of carboxylic acid groups (broad SMARTS) is 1. The number of halogens is 2. The SMILES string of the molecule is COc1cc(Br)c(C(c2cccc(Br)c2)N2CCC(C(=O)O)CC2)cc1OC. The molecule has 0 aliphatic carbocycles. The van der Waals surface area contributed by atoms with Gasteiger partial charge in [-0.3, -0.25) is 9.69 Å². The fraction of sp³-hybridized carbons (Fsp3) is 0.381. The van der Waals surface area contributed by atoms with Gasteiger partial charge in [0.15, 0.2) is 11.5 Å². The summed E-state index contributed by atoms with van der Waals surface area (Å²) in [7, 11) is 3.24. The van der Waals surface area contributed by atoms with Gasteiger partial charge in [-0.05, 0) is 61.3 Å². The van der Waals surface area contributed by atoms with Gasteiger partial charge in [-0.15, -0.1) is 0 Å². The first-order chi connectivity index (χ1) is 13.4. The first kappa shape index (κ1) is 21.1. The molecule has 2 aromatic carbocycles. The van der Waals surface area contributed by atoms with Crippen molar-refractivity contribution in [1.29, 1.82) is 0 Å². The van der Waals surface area contributed by atoms with E-state index in [1.165, 1.54) is 0 Å². The summed E-state index contributed by atoms with van der Waals surface area (Å²) in [5, 5.41) is 9.34. The lowest BCUT2D eigenvalue weighted by atomic mass is 9.91. The van der Waals surface area contributed by atoms with Crippen LogP contribution in [0.4, 0.5) is 0 Å². The lowest BCUT2D eigenvalue weighted by Crippen LogP contribution is -2.39. The van der Waals surface area contributed by atoms with Crippen LogP contribution < -0.4 is 9.47 Å². The van der Waals surface area contributed by atoms with Crippen LogP contribution in [-0.4, -0.2) is 43.3 Å². The van der Waals surface area contributed by atoms with Crippen molar-refractivity contribution < 1.29 is 19.4 Å². The van der Waals surface area contributed by atoms with Crippen molar-refractivity contribution in [2.24, 2.45) is 5.92 Å². The van der Waals surface area contributed by atoms with Gasteiger partial charge in [0.1, 0.15) is 0 Å². The molecule has 1 unspecified atom stereocenters. The average Bonchev–Trinajstić information content (AvgIpc) is 2.69. The topological polar surface area (TPSA) is 59.0 Å². The summed E-state index contributed by atoms with van der Waals surface area (Å²) in [6.45, 7) is 1.43. The van der Waals surface area contributed by atoms with Crippen molar-refractivity contribution >= 4 is 37.8 Å². The van der Waals surface area contributed by atoms with Gasteiger partial charge in [0.05, 0.1) is 26.2 Å². The second-order valence-corrected chi connectivity index (χ2v) is 8.60. The third-order valence-corrected chi connectivity index (χ3v) is 6.39. The van der Waals surface area contributed by atoms with E-state index in [1.807, 2.05) is 24.3 Å². The lowest BCUT2D eigenvalue weighted by Gasteiger charge is -2.37. The van der Waals surface area contributed by atoms with Crippen LogP contribution in [0.3, 0.4) is 0 Å². The monoisotopic (exact) mass is 511 g/mol. The van der Waals surface area contributed by atoms with Gasteiger partial charge in [-0.1, -0.05) is 44.0 Å². The molecule has 5 nitrogen and oxygen atoms in total. The van der Waals surface area contributed by atoms with Gasteiger partial charge in [0.2, 0.25) is 0 Å². The van der Waals surface area contributed by atoms with Crippen LogP contribution in [0.2, 0.25) is 0 Å². The normalized spacial score (nSPS) is 16.6. The zero-order chi connectivity index (χ0) is 20.3. The molecule has 1 aliphatic heterocycles. The maximum absolute atomic E-state index is 11.4. The van der Waals surface area contributed by atoms with Crippen LogP contribution in [0.25, 0.3) is 0 Å². The van der Waals surface area contributed by atoms with Crippen LogP contribution in [0.5, 0.6) is 11.5 Å². The number of rotatable bonds is 6. The third-order valence-electron chi connectivity index (χ3n) is 5.21. The fourth-order valence-corrected chi connectivity index (χ4v) is 4.70. The third kappa shape index (κ3) is 4.53. The molecule has 1 atom stereocenters. The van der Waals surface area contributed by atoms with Gasteiger partial charge < -0.3 is 14.6 Å². The molecule has 0 bridgehead atoms. The summed E-state index contributed by atoms with van der Waals surface area (Å²) in [5.74, 6) is 0.357. The van der Waals surface area contributed by atoms with Crippen LogP contribution in [0.15, 0.2) is 45.3 Å². The second-order valence-electron chi connectivity index (χ2n) is 6.83. The molecule has 1 aliphatic rings. The molecule has 2 aromatic rings. The van der Waals surface area contributed by atoms with Gasteiger partial charge in [-0.2, -0.15) is 0 Å². The molecule has 150 valence electrons. The van der Waals surface area contributed by atoms with Gasteiger partial charge >= 0.3 is 5.97 Å². The molecule has 0 aromatic heterocycles. The summed E-state index contributed by atoms with van der Waals surface area (Å²) in [4.78, 5) is 13.7. The number of hydrogen-bond acceptors (Lipinski definition) is 4. The number of benzene rings is 2. The van der Waals surface area contributed by atoms with Crippen LogP contribution in [-0.2, 0) is 4.79 Å². The number of likely N-dealkylation sites (tertiary alicyclic amines) is 1. The van der Waals surface area contributed by atoms with Crippen LogP contribution in [0, 0.1) is 5.92 Å². The molecule has 0 saturated carbocycles. The van der Waals surface area contributed by atoms with Crippen molar-refractivity contribution in [2.75, 3.05) is 27.3 Å². The highest BCUT2D eigenvalue weighted by atomic mass is 79.9. The highest BCUT2D eigenvalue weighted by Gasteiger charge is 2.31. The van der Waals surface area contributed by atoms with E-state index in [0.717, 1.165) is 33.2 Å². The molecule has 0 spiro atoms. The highest BCUT2D eigenvalue weighted by Crippen LogP contribution is 2.41. The number of carboxylic acids is 1. The standard InChI is InChI=1S/C21H23Br2NO4/c1-27-18-11-16(17(23)12-19(18)28-2)20(14-4-3-5-15(22)10-14)24-8-6-13(7-9-24)21(25)26/h3-5,10-13,20H,6-9H2,1-2H3,(H,25,26). The summed E-state index contributed by atoms with van der Waals surface area (Å²) >= 11 is 7.27. The molecule has 7 heteroatoms. The minimum Gasteiger partial charge on any atom is -0.493 e. The maximum atomic E-state index is 11.4. The number of carbonyl (C=O) groups is 1. The summed E-state index contributed by atoms with van der Waals surface area (Å²) in [5.41, 5.74) is 2.19. The molecule has 28 heavy (non-hydrogen) atoms. The smallest absolute Gasteiger partial charge is 0.306 e.